The zero-order chi connectivity index (χ0) is 9.26. The fraction of sp³-hybridized carbons (Fsp3) is 0.125. The van der Waals surface area contributed by atoms with Crippen LogP contribution in [0.1, 0.15) is 5.56 Å². The minimum atomic E-state index is 0.352. The first kappa shape index (κ1) is 8.19. The summed E-state index contributed by atoms with van der Waals surface area (Å²) in [7, 11) is 0. The summed E-state index contributed by atoms with van der Waals surface area (Å²) in [5.41, 5.74) is 1.06. The molecule has 66 valence electrons. The molecule has 2 aromatic heterocycles. The lowest BCUT2D eigenvalue weighted by Crippen LogP contribution is -1.99. The van der Waals surface area contributed by atoms with Gasteiger partial charge in [0, 0.05) is 18.6 Å². The van der Waals surface area contributed by atoms with Gasteiger partial charge in [-0.15, -0.1) is 0 Å². The van der Waals surface area contributed by atoms with Crippen molar-refractivity contribution in [3.05, 3.63) is 35.5 Å². The molecule has 0 saturated carbocycles. The monoisotopic (exact) mass is 194 g/mol. The van der Waals surface area contributed by atoms with E-state index in [9.17, 15) is 0 Å². The van der Waals surface area contributed by atoms with Gasteiger partial charge in [-0.3, -0.25) is 0 Å². The largest absolute Gasteiger partial charge is 0.239 e. The number of hydrogen-bond donors (Lipinski definition) is 0. The van der Waals surface area contributed by atoms with Gasteiger partial charge in [-0.25, -0.2) is 14.6 Å². The van der Waals surface area contributed by atoms with Crippen LogP contribution in [-0.4, -0.2) is 19.7 Å². The first-order valence-electron chi connectivity index (χ1n) is 3.75. The highest BCUT2D eigenvalue weighted by Crippen LogP contribution is 2.13. The Labute approximate surface area is 80.2 Å². The van der Waals surface area contributed by atoms with Crippen molar-refractivity contribution in [3.8, 4) is 5.82 Å². The lowest BCUT2D eigenvalue weighted by Gasteiger charge is -1.99. The number of aromatic nitrogens is 4. The molecule has 0 bridgehead atoms. The molecular weight excluding hydrogens is 188 g/mol. The van der Waals surface area contributed by atoms with Gasteiger partial charge in [-0.1, -0.05) is 11.6 Å². The van der Waals surface area contributed by atoms with Crippen molar-refractivity contribution >= 4 is 11.6 Å². The Bertz CT molecular complexity index is 424. The van der Waals surface area contributed by atoms with Crippen molar-refractivity contribution < 1.29 is 0 Å². The maximum atomic E-state index is 5.83. The van der Waals surface area contributed by atoms with Crippen LogP contribution >= 0.6 is 11.6 Å². The van der Waals surface area contributed by atoms with Crippen LogP contribution in [0.2, 0.25) is 5.15 Å². The molecule has 0 aromatic carbocycles. The van der Waals surface area contributed by atoms with Crippen molar-refractivity contribution in [3.63, 3.8) is 0 Å². The maximum absolute atomic E-state index is 5.83. The summed E-state index contributed by atoms with van der Waals surface area (Å²) in [6.07, 6.45) is 6.71. The first-order chi connectivity index (χ1) is 6.27. The Morgan fingerprint density at radius 1 is 1.31 bits per heavy atom. The first-order valence-corrected chi connectivity index (χ1v) is 4.13. The van der Waals surface area contributed by atoms with Crippen LogP contribution in [0.15, 0.2) is 24.8 Å². The van der Waals surface area contributed by atoms with E-state index >= 15 is 0 Å². The van der Waals surface area contributed by atoms with Crippen LogP contribution in [0.5, 0.6) is 0 Å². The quantitative estimate of drug-likeness (QED) is 0.693. The molecule has 0 spiro atoms. The van der Waals surface area contributed by atoms with E-state index in [4.69, 9.17) is 11.6 Å². The van der Waals surface area contributed by atoms with Gasteiger partial charge in [-0.05, 0) is 12.5 Å². The molecule has 0 N–H and O–H groups in total. The third kappa shape index (κ3) is 1.53. The molecular formula is C8H7ClN4. The summed E-state index contributed by atoms with van der Waals surface area (Å²) in [5, 5.41) is 4.43. The Morgan fingerprint density at radius 2 is 2.08 bits per heavy atom. The number of halogens is 1. The number of rotatable bonds is 1. The van der Waals surface area contributed by atoms with Gasteiger partial charge in [0.05, 0.1) is 6.20 Å². The molecule has 0 aliphatic carbocycles. The maximum Gasteiger partial charge on any atom is 0.191 e. The Morgan fingerprint density at radius 3 is 2.69 bits per heavy atom. The van der Waals surface area contributed by atoms with Gasteiger partial charge in [0.25, 0.3) is 0 Å². The Balaban J connectivity index is 2.52. The third-order valence-electron chi connectivity index (χ3n) is 1.56. The van der Waals surface area contributed by atoms with Gasteiger partial charge < -0.3 is 0 Å². The van der Waals surface area contributed by atoms with E-state index < -0.39 is 0 Å². The summed E-state index contributed by atoms with van der Waals surface area (Å²) in [6.45, 7) is 1.95. The number of nitrogens with zero attached hydrogens (tertiary/aromatic N) is 4. The molecule has 0 saturated heterocycles. The third-order valence-corrected chi connectivity index (χ3v) is 1.83. The van der Waals surface area contributed by atoms with Crippen molar-refractivity contribution in [2.24, 2.45) is 0 Å². The Hall–Kier alpha value is -1.42. The highest BCUT2D eigenvalue weighted by Gasteiger charge is 2.04. The van der Waals surface area contributed by atoms with Crippen LogP contribution in [0.4, 0.5) is 0 Å². The highest BCUT2D eigenvalue weighted by atomic mass is 35.5. The van der Waals surface area contributed by atoms with Crippen molar-refractivity contribution in [1.82, 2.24) is 19.7 Å². The van der Waals surface area contributed by atoms with Crippen LogP contribution in [0.25, 0.3) is 5.82 Å². The molecule has 0 radical (unpaired) electrons. The fourth-order valence-electron chi connectivity index (χ4n) is 0.996. The second-order valence-electron chi connectivity index (χ2n) is 2.63. The van der Waals surface area contributed by atoms with Gasteiger partial charge in [0.1, 0.15) is 0 Å². The van der Waals surface area contributed by atoms with E-state index in [1.807, 2.05) is 13.1 Å². The molecule has 0 aliphatic rings. The van der Waals surface area contributed by atoms with Crippen molar-refractivity contribution in [1.29, 1.82) is 0 Å². The average molecular weight is 195 g/mol. The zero-order valence-corrected chi connectivity index (χ0v) is 7.73. The summed E-state index contributed by atoms with van der Waals surface area (Å²) < 4.78 is 1.60. The lowest BCUT2D eigenvalue weighted by molar-refractivity contribution is 0.838. The highest BCUT2D eigenvalue weighted by molar-refractivity contribution is 6.30. The molecule has 4 nitrogen and oxygen atoms in total. The van der Waals surface area contributed by atoms with E-state index in [0.717, 1.165) is 5.56 Å². The normalized spacial score (nSPS) is 10.3. The predicted molar refractivity (Wildman–Crippen MR) is 48.9 cm³/mol. The van der Waals surface area contributed by atoms with Gasteiger partial charge in [-0.2, -0.15) is 5.10 Å². The topological polar surface area (TPSA) is 43.6 Å². The van der Waals surface area contributed by atoms with Crippen LogP contribution in [-0.2, 0) is 0 Å². The molecule has 0 atom stereocenters. The van der Waals surface area contributed by atoms with E-state index in [0.29, 0.717) is 11.0 Å². The number of aryl methyl sites for hydroxylation is 1. The van der Waals surface area contributed by atoms with E-state index in [-0.39, 0.29) is 0 Å². The van der Waals surface area contributed by atoms with Gasteiger partial charge >= 0.3 is 0 Å². The molecule has 13 heavy (non-hydrogen) atoms. The van der Waals surface area contributed by atoms with E-state index in [1.165, 1.54) is 0 Å². The average Bonchev–Trinajstić information content (AvgIpc) is 2.53. The SMILES string of the molecule is Cc1cnn(-c2nccnc2Cl)c1. The smallest absolute Gasteiger partial charge is 0.191 e. The molecule has 2 aromatic rings. The van der Waals surface area contributed by atoms with Crippen LogP contribution < -0.4 is 0 Å². The second-order valence-corrected chi connectivity index (χ2v) is 2.99. The van der Waals surface area contributed by atoms with Crippen molar-refractivity contribution in [2.75, 3.05) is 0 Å². The molecule has 5 heteroatoms. The molecule has 0 amide bonds. The molecule has 0 unspecified atom stereocenters. The molecule has 2 rings (SSSR count). The van der Waals surface area contributed by atoms with Gasteiger partial charge in [0.2, 0.25) is 0 Å². The zero-order valence-electron chi connectivity index (χ0n) is 6.98. The summed E-state index contributed by atoms with van der Waals surface area (Å²) >= 11 is 5.83. The minimum absolute atomic E-state index is 0.352. The summed E-state index contributed by atoms with van der Waals surface area (Å²) in [4.78, 5) is 7.97. The standard InChI is InChI=1S/C8H7ClN4/c1-6-4-12-13(5-6)8-7(9)10-2-3-11-8/h2-5H,1H3. The lowest BCUT2D eigenvalue weighted by atomic mass is 10.4. The molecule has 0 fully saturated rings. The Kier molecular flexibility index (Phi) is 1.98. The molecule has 0 aliphatic heterocycles. The predicted octanol–water partition coefficient (Wildman–Crippen LogP) is 1.62. The molecule has 2 heterocycles. The summed E-state index contributed by atoms with van der Waals surface area (Å²) in [6, 6.07) is 0. The van der Waals surface area contributed by atoms with Crippen molar-refractivity contribution in [2.45, 2.75) is 6.92 Å². The number of hydrogen-bond acceptors (Lipinski definition) is 3. The minimum Gasteiger partial charge on any atom is -0.239 e. The summed E-state index contributed by atoms with van der Waals surface area (Å²) in [5.74, 6) is 0.553. The fourth-order valence-corrected chi connectivity index (χ4v) is 1.19. The van der Waals surface area contributed by atoms with Crippen LogP contribution in [0.3, 0.4) is 0 Å². The van der Waals surface area contributed by atoms with Crippen LogP contribution in [0, 0.1) is 6.92 Å². The second kappa shape index (κ2) is 3.14. The van der Waals surface area contributed by atoms with E-state index in [2.05, 4.69) is 15.1 Å². The van der Waals surface area contributed by atoms with E-state index in [1.54, 1.807) is 23.3 Å². The van der Waals surface area contributed by atoms with Gasteiger partial charge in [0.15, 0.2) is 11.0 Å².